The van der Waals surface area contributed by atoms with Crippen molar-refractivity contribution in [1.29, 1.82) is 0 Å². The molecule has 0 aliphatic heterocycles. The molecule has 1 aromatic heterocycles. The van der Waals surface area contributed by atoms with E-state index in [1.165, 1.54) is 22.1 Å². The zero-order chi connectivity index (χ0) is 23.4. The van der Waals surface area contributed by atoms with E-state index in [-0.39, 0.29) is 28.0 Å². The van der Waals surface area contributed by atoms with Gasteiger partial charge in [-0.15, -0.1) is 10.2 Å². The fourth-order valence-corrected chi connectivity index (χ4v) is 5.77. The molecule has 0 bridgehead atoms. The Labute approximate surface area is 197 Å². The van der Waals surface area contributed by atoms with Gasteiger partial charge in [-0.1, -0.05) is 50.2 Å². The molecular weight excluding hydrogens is 460 g/mol. The Kier molecular flexibility index (Phi) is 7.16. The molecular formula is C23H26N4O4S2. The molecule has 0 spiro atoms. The standard InChI is InChI=1S/C23H26N4O4S2/c1-3-27(4-2)33(29,30)19-12-8-11-17(15-19)22-25-26-23(31-22)32-20(16-9-6-5-7-10-16)21(28)24-18-13-14-18/h5-12,15,18,20H,3-4,13-14H2,1-2H3,(H,24,28). The number of nitrogens with one attached hydrogen (secondary N) is 1. The maximum Gasteiger partial charge on any atom is 0.277 e. The SMILES string of the molecule is CCN(CC)S(=O)(=O)c1cccc(-c2nnc(SC(C(=O)NC3CC3)c3ccccc3)o2)c1. The summed E-state index contributed by atoms with van der Waals surface area (Å²) in [5.41, 5.74) is 1.34. The lowest BCUT2D eigenvalue weighted by Gasteiger charge is -2.18. The molecule has 1 saturated carbocycles. The van der Waals surface area contributed by atoms with E-state index in [9.17, 15) is 13.2 Å². The van der Waals surface area contributed by atoms with Crippen LogP contribution in [0, 0.1) is 0 Å². The van der Waals surface area contributed by atoms with Gasteiger partial charge in [-0.3, -0.25) is 4.79 Å². The normalized spacial score (nSPS) is 14.9. The number of carbonyl (C=O) groups excluding carboxylic acids is 1. The van der Waals surface area contributed by atoms with Crippen molar-refractivity contribution in [2.75, 3.05) is 13.1 Å². The van der Waals surface area contributed by atoms with Gasteiger partial charge in [-0.2, -0.15) is 4.31 Å². The third-order valence-corrected chi connectivity index (χ3v) is 8.45. The Balaban J connectivity index is 1.57. The summed E-state index contributed by atoms with van der Waals surface area (Å²) in [5, 5.41) is 10.9. The van der Waals surface area contributed by atoms with Gasteiger partial charge in [0.15, 0.2) is 0 Å². The van der Waals surface area contributed by atoms with E-state index in [2.05, 4.69) is 15.5 Å². The van der Waals surface area contributed by atoms with Crippen LogP contribution in [0.2, 0.25) is 0 Å². The summed E-state index contributed by atoms with van der Waals surface area (Å²) in [7, 11) is -3.61. The molecule has 8 nitrogen and oxygen atoms in total. The first kappa shape index (κ1) is 23.5. The van der Waals surface area contributed by atoms with Gasteiger partial charge in [-0.25, -0.2) is 8.42 Å². The molecule has 1 atom stereocenters. The predicted octanol–water partition coefficient (Wildman–Crippen LogP) is 3.88. The van der Waals surface area contributed by atoms with Crippen LogP contribution in [0.25, 0.3) is 11.5 Å². The highest BCUT2D eigenvalue weighted by Gasteiger charge is 2.30. The lowest BCUT2D eigenvalue weighted by atomic mass is 10.1. The average Bonchev–Trinajstić information content (AvgIpc) is 3.52. The van der Waals surface area contributed by atoms with E-state index in [0.29, 0.717) is 18.7 Å². The van der Waals surface area contributed by atoms with Crippen LogP contribution in [0.15, 0.2) is 69.1 Å². The number of rotatable bonds is 10. The Bertz CT molecular complexity index is 1210. The first-order valence-electron chi connectivity index (χ1n) is 10.9. The third kappa shape index (κ3) is 5.45. The van der Waals surface area contributed by atoms with Gasteiger partial charge in [0.2, 0.25) is 21.8 Å². The highest BCUT2D eigenvalue weighted by atomic mass is 32.2. The summed E-state index contributed by atoms with van der Waals surface area (Å²) < 4.78 is 32.9. The van der Waals surface area contributed by atoms with E-state index in [0.717, 1.165) is 18.4 Å². The van der Waals surface area contributed by atoms with Gasteiger partial charge in [0, 0.05) is 24.7 Å². The van der Waals surface area contributed by atoms with Crippen molar-refractivity contribution < 1.29 is 17.6 Å². The number of thioether (sulfide) groups is 1. The third-order valence-electron chi connectivity index (χ3n) is 5.31. The van der Waals surface area contributed by atoms with Crippen molar-refractivity contribution in [3.05, 3.63) is 60.2 Å². The van der Waals surface area contributed by atoms with E-state index in [4.69, 9.17) is 4.42 Å². The Morgan fingerprint density at radius 2 is 1.85 bits per heavy atom. The van der Waals surface area contributed by atoms with Crippen molar-refractivity contribution in [3.8, 4) is 11.5 Å². The van der Waals surface area contributed by atoms with E-state index in [1.54, 1.807) is 32.0 Å². The number of amides is 1. The topological polar surface area (TPSA) is 105 Å². The fourth-order valence-electron chi connectivity index (χ4n) is 3.38. The molecule has 4 rings (SSSR count). The lowest BCUT2D eigenvalue weighted by molar-refractivity contribution is -0.120. The van der Waals surface area contributed by atoms with E-state index < -0.39 is 15.3 Å². The van der Waals surface area contributed by atoms with Gasteiger partial charge in [0.25, 0.3) is 5.22 Å². The molecule has 0 saturated heterocycles. The molecule has 3 aromatic rings. The second-order valence-corrected chi connectivity index (χ2v) is 10.7. The summed E-state index contributed by atoms with van der Waals surface area (Å²) in [4.78, 5) is 13.0. The average molecular weight is 487 g/mol. The van der Waals surface area contributed by atoms with Crippen LogP contribution in [-0.2, 0) is 14.8 Å². The van der Waals surface area contributed by atoms with Gasteiger partial charge < -0.3 is 9.73 Å². The van der Waals surface area contributed by atoms with E-state index in [1.807, 2.05) is 30.3 Å². The summed E-state index contributed by atoms with van der Waals surface area (Å²) in [6.45, 7) is 4.37. The molecule has 33 heavy (non-hydrogen) atoms. The highest BCUT2D eigenvalue weighted by Crippen LogP contribution is 2.37. The number of carbonyl (C=O) groups is 1. The van der Waals surface area contributed by atoms with Crippen LogP contribution in [0.3, 0.4) is 0 Å². The van der Waals surface area contributed by atoms with Crippen molar-refractivity contribution in [2.45, 2.75) is 48.1 Å². The van der Waals surface area contributed by atoms with Crippen molar-refractivity contribution in [2.24, 2.45) is 0 Å². The molecule has 1 N–H and O–H groups in total. The minimum absolute atomic E-state index is 0.0965. The smallest absolute Gasteiger partial charge is 0.277 e. The predicted molar refractivity (Wildman–Crippen MR) is 126 cm³/mol. The second kappa shape index (κ2) is 10.1. The summed E-state index contributed by atoms with van der Waals surface area (Å²) >= 11 is 1.18. The monoisotopic (exact) mass is 486 g/mol. The zero-order valence-electron chi connectivity index (χ0n) is 18.5. The van der Waals surface area contributed by atoms with Crippen LogP contribution in [0.5, 0.6) is 0 Å². The van der Waals surface area contributed by atoms with Gasteiger partial charge in [0.1, 0.15) is 5.25 Å². The second-order valence-electron chi connectivity index (χ2n) is 7.68. The summed E-state index contributed by atoms with van der Waals surface area (Å²) in [6.07, 6.45) is 1.99. The Morgan fingerprint density at radius 1 is 1.12 bits per heavy atom. The van der Waals surface area contributed by atoms with Crippen LogP contribution < -0.4 is 5.32 Å². The van der Waals surface area contributed by atoms with Crippen LogP contribution >= 0.6 is 11.8 Å². The quantitative estimate of drug-likeness (QED) is 0.434. The van der Waals surface area contributed by atoms with Gasteiger partial charge in [0.05, 0.1) is 4.90 Å². The Morgan fingerprint density at radius 3 is 2.52 bits per heavy atom. The largest absolute Gasteiger partial charge is 0.411 e. The number of sulfonamides is 1. The lowest BCUT2D eigenvalue weighted by Crippen LogP contribution is -2.30. The molecule has 0 radical (unpaired) electrons. The van der Waals surface area contributed by atoms with Crippen molar-refractivity contribution in [1.82, 2.24) is 19.8 Å². The van der Waals surface area contributed by atoms with Crippen molar-refractivity contribution in [3.63, 3.8) is 0 Å². The molecule has 1 aliphatic carbocycles. The van der Waals surface area contributed by atoms with Gasteiger partial charge >= 0.3 is 0 Å². The van der Waals surface area contributed by atoms with Gasteiger partial charge in [-0.05, 0) is 48.4 Å². The molecule has 174 valence electrons. The number of nitrogens with zero attached hydrogens (tertiary/aromatic N) is 3. The highest BCUT2D eigenvalue weighted by molar-refractivity contribution is 8.00. The number of hydrogen-bond acceptors (Lipinski definition) is 7. The minimum Gasteiger partial charge on any atom is -0.411 e. The summed E-state index contributed by atoms with van der Waals surface area (Å²) in [5.74, 6) is 0.101. The van der Waals surface area contributed by atoms with Crippen LogP contribution in [-0.4, -0.2) is 48.0 Å². The molecule has 1 fully saturated rings. The first-order chi connectivity index (χ1) is 15.9. The zero-order valence-corrected chi connectivity index (χ0v) is 20.1. The maximum absolute atomic E-state index is 12.9. The van der Waals surface area contributed by atoms with E-state index >= 15 is 0 Å². The molecule has 1 heterocycles. The molecule has 1 aliphatic rings. The summed E-state index contributed by atoms with van der Waals surface area (Å²) in [6, 6.07) is 16.1. The van der Waals surface area contributed by atoms with Crippen LogP contribution in [0.1, 0.15) is 37.5 Å². The minimum atomic E-state index is -3.61. The van der Waals surface area contributed by atoms with Crippen molar-refractivity contribution >= 4 is 27.7 Å². The number of aromatic nitrogens is 2. The number of benzene rings is 2. The van der Waals surface area contributed by atoms with Crippen LogP contribution in [0.4, 0.5) is 0 Å². The molecule has 10 heteroatoms. The Hall–Kier alpha value is -2.69. The first-order valence-corrected chi connectivity index (χ1v) is 13.2. The fraction of sp³-hybridized carbons (Fsp3) is 0.348. The number of hydrogen-bond donors (Lipinski definition) is 1. The maximum atomic E-state index is 12.9. The molecule has 1 amide bonds. The molecule has 2 aromatic carbocycles. The molecule has 1 unspecified atom stereocenters.